The predicted molar refractivity (Wildman–Crippen MR) is 70.7 cm³/mol. The summed E-state index contributed by atoms with van der Waals surface area (Å²) >= 11 is 0. The monoisotopic (exact) mass is 253 g/mol. The molecule has 17 heavy (non-hydrogen) atoms. The van der Waals surface area contributed by atoms with E-state index in [9.17, 15) is 8.42 Å². The van der Waals surface area contributed by atoms with Crippen LogP contribution in [0.3, 0.4) is 0 Å². The number of allylic oxidation sites excluding steroid dienone is 1. The summed E-state index contributed by atoms with van der Waals surface area (Å²) in [6, 6.07) is 6.96. The van der Waals surface area contributed by atoms with Crippen LogP contribution < -0.4 is 5.73 Å². The topological polar surface area (TPSA) is 60.2 Å². The normalized spacial score (nSPS) is 12.1. The molecule has 2 N–H and O–H groups in total. The summed E-state index contributed by atoms with van der Waals surface area (Å²) in [6.45, 7) is 2.53. The molecule has 0 amide bonds. The van der Waals surface area contributed by atoms with Gasteiger partial charge in [0.1, 0.15) is 0 Å². The van der Waals surface area contributed by atoms with E-state index in [0.29, 0.717) is 17.9 Å². The molecule has 0 spiro atoms. The Morgan fingerprint density at radius 2 is 1.71 bits per heavy atom. The van der Waals surface area contributed by atoms with E-state index in [1.165, 1.54) is 0 Å². The molecule has 94 valence electrons. The molecule has 1 aromatic rings. The number of nitrogens with two attached hydrogens (primary N) is 1. The Morgan fingerprint density at radius 1 is 1.12 bits per heavy atom. The Labute approximate surface area is 103 Å². The molecule has 0 aliphatic rings. The largest absolute Gasteiger partial charge is 0.330 e. The van der Waals surface area contributed by atoms with Crippen LogP contribution in [0.4, 0.5) is 0 Å². The number of sulfone groups is 1. The summed E-state index contributed by atoms with van der Waals surface area (Å²) in [4.78, 5) is 0.398. The van der Waals surface area contributed by atoms with Gasteiger partial charge >= 0.3 is 0 Å². The van der Waals surface area contributed by atoms with E-state index in [0.717, 1.165) is 12.0 Å². The Balaban J connectivity index is 2.60. The van der Waals surface area contributed by atoms with E-state index in [4.69, 9.17) is 5.73 Å². The van der Waals surface area contributed by atoms with E-state index >= 15 is 0 Å². The van der Waals surface area contributed by atoms with Crippen molar-refractivity contribution < 1.29 is 8.42 Å². The highest BCUT2D eigenvalue weighted by Gasteiger charge is 2.12. The summed E-state index contributed by atoms with van der Waals surface area (Å²) in [5, 5.41) is 0. The lowest BCUT2D eigenvalue weighted by molar-refractivity contribution is 0.595. The summed E-state index contributed by atoms with van der Waals surface area (Å²) < 4.78 is 23.8. The average molecular weight is 253 g/mol. The molecule has 4 heteroatoms. The molecule has 0 fully saturated rings. The summed E-state index contributed by atoms with van der Waals surface area (Å²) in [7, 11) is -3.15. The molecule has 0 aliphatic carbocycles. The van der Waals surface area contributed by atoms with Gasteiger partial charge in [0.15, 0.2) is 9.84 Å². The molecule has 3 nitrogen and oxygen atoms in total. The zero-order chi connectivity index (χ0) is 12.7. The minimum Gasteiger partial charge on any atom is -0.330 e. The van der Waals surface area contributed by atoms with E-state index in [1.54, 1.807) is 12.1 Å². The van der Waals surface area contributed by atoms with E-state index < -0.39 is 9.84 Å². The number of rotatable bonds is 6. The quantitative estimate of drug-likeness (QED) is 0.789. The smallest absolute Gasteiger partial charge is 0.178 e. The van der Waals surface area contributed by atoms with Crippen molar-refractivity contribution in [2.24, 2.45) is 5.73 Å². The molecule has 0 aromatic heterocycles. The third-order valence-electron chi connectivity index (χ3n) is 2.43. The molecule has 1 aromatic carbocycles. The molecular weight excluding hydrogens is 234 g/mol. The third-order valence-corrected chi connectivity index (χ3v) is 4.20. The van der Waals surface area contributed by atoms with Crippen LogP contribution in [0, 0.1) is 6.92 Å². The maximum Gasteiger partial charge on any atom is 0.178 e. The van der Waals surface area contributed by atoms with Crippen LogP contribution >= 0.6 is 0 Å². The van der Waals surface area contributed by atoms with Crippen LogP contribution in [0.15, 0.2) is 41.3 Å². The standard InChI is InChI=1S/C13H19NO2S/c1-12-6-8-13(9-7-12)17(15,16)11-5-3-2-4-10-14/h2-3,6-9H,4-5,10-11,14H2,1H3. The van der Waals surface area contributed by atoms with Crippen LogP contribution in [0.25, 0.3) is 0 Å². The summed E-state index contributed by atoms with van der Waals surface area (Å²) in [5.41, 5.74) is 6.39. The second kappa shape index (κ2) is 6.57. The van der Waals surface area contributed by atoms with Crippen molar-refractivity contribution in [3.05, 3.63) is 42.0 Å². The van der Waals surface area contributed by atoms with Crippen LogP contribution in [0.1, 0.15) is 18.4 Å². The molecule has 0 radical (unpaired) electrons. The molecule has 0 saturated heterocycles. The summed E-state index contributed by atoms with van der Waals surface area (Å²) in [5.74, 6) is 0.150. The highest BCUT2D eigenvalue weighted by molar-refractivity contribution is 7.91. The fourth-order valence-electron chi connectivity index (χ4n) is 1.42. The first kappa shape index (κ1) is 13.9. The van der Waals surface area contributed by atoms with Crippen molar-refractivity contribution in [1.29, 1.82) is 0 Å². The highest BCUT2D eigenvalue weighted by atomic mass is 32.2. The van der Waals surface area contributed by atoms with Gasteiger partial charge < -0.3 is 5.73 Å². The van der Waals surface area contributed by atoms with Crippen molar-refractivity contribution in [3.63, 3.8) is 0 Å². The Kier molecular flexibility index (Phi) is 5.38. The number of aryl methyl sites for hydroxylation is 1. The maximum absolute atomic E-state index is 11.9. The zero-order valence-corrected chi connectivity index (χ0v) is 10.9. The van der Waals surface area contributed by atoms with E-state index in [-0.39, 0.29) is 5.75 Å². The molecule has 0 saturated carbocycles. The molecular formula is C13H19NO2S. The van der Waals surface area contributed by atoms with Gasteiger partial charge in [0.05, 0.1) is 10.6 Å². The minimum atomic E-state index is -3.15. The van der Waals surface area contributed by atoms with Crippen LogP contribution in [0.5, 0.6) is 0 Å². The second-order valence-corrected chi connectivity index (χ2v) is 6.08. The van der Waals surface area contributed by atoms with Crippen molar-refractivity contribution in [2.75, 3.05) is 12.3 Å². The van der Waals surface area contributed by atoms with Gasteiger partial charge in [0, 0.05) is 0 Å². The second-order valence-electron chi connectivity index (χ2n) is 3.97. The van der Waals surface area contributed by atoms with Gasteiger partial charge in [-0.05, 0) is 38.4 Å². The van der Waals surface area contributed by atoms with Gasteiger partial charge in [-0.3, -0.25) is 0 Å². The average Bonchev–Trinajstić information content (AvgIpc) is 2.29. The van der Waals surface area contributed by atoms with Crippen molar-refractivity contribution in [2.45, 2.75) is 24.7 Å². The van der Waals surface area contributed by atoms with Gasteiger partial charge in [-0.2, -0.15) is 0 Å². The zero-order valence-electron chi connectivity index (χ0n) is 10.1. The van der Waals surface area contributed by atoms with Gasteiger partial charge in [-0.1, -0.05) is 29.8 Å². The lowest BCUT2D eigenvalue weighted by Crippen LogP contribution is -2.06. The van der Waals surface area contributed by atoms with Crippen molar-refractivity contribution in [1.82, 2.24) is 0 Å². The van der Waals surface area contributed by atoms with Crippen molar-refractivity contribution in [3.8, 4) is 0 Å². The van der Waals surface area contributed by atoms with Crippen molar-refractivity contribution >= 4 is 9.84 Å². The molecule has 0 aliphatic heterocycles. The maximum atomic E-state index is 11.9. The lowest BCUT2D eigenvalue weighted by atomic mass is 10.2. The lowest BCUT2D eigenvalue weighted by Gasteiger charge is -2.02. The van der Waals surface area contributed by atoms with Gasteiger partial charge in [-0.15, -0.1) is 0 Å². The Morgan fingerprint density at radius 3 is 2.29 bits per heavy atom. The highest BCUT2D eigenvalue weighted by Crippen LogP contribution is 2.13. The molecule has 0 bridgehead atoms. The first-order valence-electron chi connectivity index (χ1n) is 5.71. The number of hydrogen-bond donors (Lipinski definition) is 1. The summed E-state index contributed by atoms with van der Waals surface area (Å²) in [6.07, 6.45) is 5.13. The number of benzene rings is 1. The SMILES string of the molecule is Cc1ccc(S(=O)(=O)CCC=CCCN)cc1. The fourth-order valence-corrected chi connectivity index (χ4v) is 2.65. The van der Waals surface area contributed by atoms with Crippen LogP contribution in [0.2, 0.25) is 0 Å². The van der Waals surface area contributed by atoms with Crippen LogP contribution in [-0.2, 0) is 9.84 Å². The third kappa shape index (κ3) is 4.71. The van der Waals surface area contributed by atoms with Gasteiger partial charge in [0.2, 0.25) is 0 Å². The number of hydrogen-bond acceptors (Lipinski definition) is 3. The van der Waals surface area contributed by atoms with E-state index in [1.807, 2.05) is 31.2 Å². The minimum absolute atomic E-state index is 0.150. The first-order chi connectivity index (χ1) is 8.06. The molecule has 0 unspecified atom stereocenters. The Bertz CT molecular complexity index is 461. The van der Waals surface area contributed by atoms with Gasteiger partial charge in [0.25, 0.3) is 0 Å². The first-order valence-corrected chi connectivity index (χ1v) is 7.36. The van der Waals surface area contributed by atoms with E-state index in [2.05, 4.69) is 0 Å². The van der Waals surface area contributed by atoms with Gasteiger partial charge in [-0.25, -0.2) is 8.42 Å². The molecule has 0 heterocycles. The Hall–Kier alpha value is -1.13. The molecule has 1 rings (SSSR count). The molecule has 0 atom stereocenters. The predicted octanol–water partition coefficient (Wildman–Crippen LogP) is 2.06. The van der Waals surface area contributed by atoms with Crippen LogP contribution in [-0.4, -0.2) is 20.7 Å². The fraction of sp³-hybridized carbons (Fsp3) is 0.385.